The second-order valence-electron chi connectivity index (χ2n) is 9.49. The fourth-order valence-corrected chi connectivity index (χ4v) is 5.99. The Morgan fingerprint density at radius 3 is 2.77 bits per heavy atom. The van der Waals surface area contributed by atoms with E-state index < -0.39 is 0 Å². The van der Waals surface area contributed by atoms with Gasteiger partial charge in [-0.15, -0.1) is 0 Å². The van der Waals surface area contributed by atoms with Crippen molar-refractivity contribution in [3.05, 3.63) is 17.0 Å². The number of fused-ring (bicyclic) bond motifs is 1. The molecule has 3 N–H and O–H groups in total. The Morgan fingerprint density at radius 2 is 2.00 bits per heavy atom. The molecule has 166 valence electrons. The van der Waals surface area contributed by atoms with Gasteiger partial charge in [-0.2, -0.15) is 10.2 Å². The van der Waals surface area contributed by atoms with E-state index in [0.717, 1.165) is 62.9 Å². The lowest BCUT2D eigenvalue weighted by atomic mass is 9.70. The molecule has 4 aliphatic rings. The second kappa shape index (κ2) is 8.09. The van der Waals surface area contributed by atoms with E-state index in [1.807, 2.05) is 4.90 Å². The van der Waals surface area contributed by atoms with Crippen LogP contribution in [0, 0.1) is 11.3 Å². The molecule has 2 fully saturated rings. The highest BCUT2D eigenvalue weighted by Crippen LogP contribution is 2.50. The smallest absolute Gasteiger partial charge is 0.272 e. The van der Waals surface area contributed by atoms with E-state index in [-0.39, 0.29) is 36.0 Å². The first-order valence-electron chi connectivity index (χ1n) is 11.5. The Hall–Kier alpha value is -2.71. The number of amides is 3. The van der Waals surface area contributed by atoms with Gasteiger partial charge in [0.2, 0.25) is 11.8 Å². The molecular formula is C22H30N6O3. The summed E-state index contributed by atoms with van der Waals surface area (Å²) in [6.45, 7) is 2.16. The number of aromatic amines is 1. The number of hydrogen-bond acceptors (Lipinski definition) is 5. The second-order valence-corrected chi connectivity index (χ2v) is 9.49. The summed E-state index contributed by atoms with van der Waals surface area (Å²) in [6, 6.07) is 0. The van der Waals surface area contributed by atoms with Crippen LogP contribution in [-0.2, 0) is 22.4 Å². The topological polar surface area (TPSA) is 120 Å². The van der Waals surface area contributed by atoms with Gasteiger partial charge in [-0.1, -0.05) is 6.42 Å². The maximum Gasteiger partial charge on any atom is 0.272 e. The summed E-state index contributed by atoms with van der Waals surface area (Å²) in [7, 11) is 0. The largest absolute Gasteiger partial charge is 0.350 e. The van der Waals surface area contributed by atoms with Gasteiger partial charge in [-0.05, 0) is 56.3 Å². The zero-order chi connectivity index (χ0) is 21.4. The van der Waals surface area contributed by atoms with Crippen LogP contribution < -0.4 is 10.7 Å². The van der Waals surface area contributed by atoms with Crippen LogP contribution in [-0.4, -0.2) is 58.2 Å². The number of rotatable bonds is 5. The molecule has 1 atom stereocenters. The SMILES string of the molecule is O=C1CC(CC(=O)N2CCC3(CCCC3CNC(=O)c3n[nH]c4c3CCC4)CC2)=NN1. The fourth-order valence-electron chi connectivity index (χ4n) is 5.99. The van der Waals surface area contributed by atoms with Gasteiger partial charge in [0, 0.05) is 30.9 Å². The van der Waals surface area contributed by atoms with Crippen LogP contribution in [0.4, 0.5) is 0 Å². The number of aryl methyl sites for hydroxylation is 1. The van der Waals surface area contributed by atoms with Crippen molar-refractivity contribution in [2.24, 2.45) is 16.4 Å². The highest BCUT2D eigenvalue weighted by atomic mass is 16.2. The number of hydrazone groups is 1. The first-order chi connectivity index (χ1) is 15.0. The summed E-state index contributed by atoms with van der Waals surface area (Å²) in [4.78, 5) is 38.5. The highest BCUT2D eigenvalue weighted by Gasteiger charge is 2.45. The van der Waals surface area contributed by atoms with E-state index in [1.54, 1.807) is 0 Å². The number of hydrogen-bond donors (Lipinski definition) is 3. The van der Waals surface area contributed by atoms with Gasteiger partial charge < -0.3 is 10.2 Å². The van der Waals surface area contributed by atoms with E-state index in [9.17, 15) is 14.4 Å². The molecule has 31 heavy (non-hydrogen) atoms. The number of piperidine rings is 1. The minimum atomic E-state index is -0.143. The molecule has 1 aromatic rings. The highest BCUT2D eigenvalue weighted by molar-refractivity contribution is 6.11. The summed E-state index contributed by atoms with van der Waals surface area (Å²) in [6.07, 6.45) is 8.86. The molecule has 1 spiro atoms. The predicted octanol–water partition coefficient (Wildman–Crippen LogP) is 1.30. The van der Waals surface area contributed by atoms with Crippen molar-refractivity contribution in [1.29, 1.82) is 0 Å². The third kappa shape index (κ3) is 3.85. The summed E-state index contributed by atoms with van der Waals surface area (Å²) in [5.41, 5.74) is 6.02. The number of H-pyrrole nitrogens is 1. The van der Waals surface area contributed by atoms with Crippen LogP contribution in [0.3, 0.4) is 0 Å². The molecule has 9 heteroatoms. The van der Waals surface area contributed by atoms with E-state index in [0.29, 0.717) is 23.9 Å². The molecule has 0 radical (unpaired) electrons. The zero-order valence-corrected chi connectivity index (χ0v) is 17.8. The molecule has 1 saturated heterocycles. The number of carbonyl (C=O) groups excluding carboxylic acids is 3. The van der Waals surface area contributed by atoms with Gasteiger partial charge in [0.25, 0.3) is 5.91 Å². The molecule has 1 unspecified atom stereocenters. The standard InChI is InChI=1S/C22H30N6O3/c29-18-11-15(24-26-18)12-19(30)28-9-7-22(8-10-28)6-2-3-14(22)13-23-21(31)20-16-4-1-5-17(16)25-27-20/h14H,1-13H2,(H,23,31)(H,25,27)(H,26,29). The Morgan fingerprint density at radius 1 is 1.16 bits per heavy atom. The normalized spacial score (nSPS) is 24.3. The Labute approximate surface area is 181 Å². The van der Waals surface area contributed by atoms with E-state index in [2.05, 4.69) is 26.0 Å². The molecular weight excluding hydrogens is 396 g/mol. The molecule has 9 nitrogen and oxygen atoms in total. The monoisotopic (exact) mass is 426 g/mol. The van der Waals surface area contributed by atoms with Crippen molar-refractivity contribution >= 4 is 23.4 Å². The molecule has 1 aromatic heterocycles. The summed E-state index contributed by atoms with van der Waals surface area (Å²) in [5, 5.41) is 14.4. The van der Waals surface area contributed by atoms with Gasteiger partial charge in [0.15, 0.2) is 5.69 Å². The number of nitrogens with zero attached hydrogens (tertiary/aromatic N) is 3. The van der Waals surface area contributed by atoms with Crippen LogP contribution >= 0.6 is 0 Å². The lowest BCUT2D eigenvalue weighted by molar-refractivity contribution is -0.132. The van der Waals surface area contributed by atoms with Crippen LogP contribution in [0.1, 0.15) is 73.1 Å². The number of carbonyl (C=O) groups is 3. The number of nitrogens with one attached hydrogen (secondary N) is 3. The molecule has 1 saturated carbocycles. The minimum Gasteiger partial charge on any atom is -0.350 e. The lowest BCUT2D eigenvalue weighted by Gasteiger charge is -2.43. The molecule has 3 amide bonds. The van der Waals surface area contributed by atoms with Gasteiger partial charge in [0.1, 0.15) is 0 Å². The Balaban J connectivity index is 1.14. The van der Waals surface area contributed by atoms with Crippen molar-refractivity contribution < 1.29 is 14.4 Å². The Bertz CT molecular complexity index is 928. The lowest BCUT2D eigenvalue weighted by Crippen LogP contribution is -2.47. The van der Waals surface area contributed by atoms with Crippen LogP contribution in [0.25, 0.3) is 0 Å². The predicted molar refractivity (Wildman–Crippen MR) is 113 cm³/mol. The first kappa shape index (κ1) is 20.2. The summed E-state index contributed by atoms with van der Waals surface area (Å²) >= 11 is 0. The first-order valence-corrected chi connectivity index (χ1v) is 11.5. The van der Waals surface area contributed by atoms with Crippen molar-refractivity contribution in [2.75, 3.05) is 19.6 Å². The maximum atomic E-state index is 12.7. The average Bonchev–Trinajstić information content (AvgIpc) is 3.52. The maximum absolute atomic E-state index is 12.7. The van der Waals surface area contributed by atoms with Crippen molar-refractivity contribution in [3.8, 4) is 0 Å². The van der Waals surface area contributed by atoms with Crippen LogP contribution in [0.2, 0.25) is 0 Å². The third-order valence-electron chi connectivity index (χ3n) is 7.79. The Kier molecular flexibility index (Phi) is 5.27. The van der Waals surface area contributed by atoms with Crippen molar-refractivity contribution in [1.82, 2.24) is 25.8 Å². The quantitative estimate of drug-likeness (QED) is 0.657. The van der Waals surface area contributed by atoms with E-state index >= 15 is 0 Å². The summed E-state index contributed by atoms with van der Waals surface area (Å²) < 4.78 is 0. The van der Waals surface area contributed by atoms with E-state index in [1.165, 1.54) is 12.8 Å². The van der Waals surface area contributed by atoms with Gasteiger partial charge >= 0.3 is 0 Å². The summed E-state index contributed by atoms with van der Waals surface area (Å²) in [5.74, 6) is 0.299. The molecule has 5 rings (SSSR count). The molecule has 2 aliphatic carbocycles. The number of aromatic nitrogens is 2. The minimum absolute atomic E-state index is 0.0559. The van der Waals surface area contributed by atoms with Crippen LogP contribution in [0.15, 0.2) is 5.10 Å². The van der Waals surface area contributed by atoms with Crippen LogP contribution in [0.5, 0.6) is 0 Å². The van der Waals surface area contributed by atoms with E-state index in [4.69, 9.17) is 0 Å². The van der Waals surface area contributed by atoms with Crippen molar-refractivity contribution in [2.45, 2.75) is 64.2 Å². The van der Waals surface area contributed by atoms with Gasteiger partial charge in [-0.3, -0.25) is 19.5 Å². The zero-order valence-electron chi connectivity index (χ0n) is 17.8. The molecule has 3 heterocycles. The fraction of sp³-hybridized carbons (Fsp3) is 0.682. The molecule has 2 aliphatic heterocycles. The van der Waals surface area contributed by atoms with Gasteiger partial charge in [0.05, 0.1) is 18.6 Å². The van der Waals surface area contributed by atoms with Crippen molar-refractivity contribution in [3.63, 3.8) is 0 Å². The number of likely N-dealkylation sites (tertiary alicyclic amines) is 1. The van der Waals surface area contributed by atoms with Gasteiger partial charge in [-0.25, -0.2) is 5.43 Å². The molecule has 0 aromatic carbocycles. The third-order valence-corrected chi connectivity index (χ3v) is 7.79. The average molecular weight is 427 g/mol. The molecule has 0 bridgehead atoms.